The Labute approximate surface area is 201 Å². The Morgan fingerprint density at radius 1 is 1.32 bits per heavy atom. The highest BCUT2D eigenvalue weighted by atomic mass is 35.5. The first-order chi connectivity index (χ1) is 15.7. The summed E-state index contributed by atoms with van der Waals surface area (Å²) in [6.07, 6.45) is 0.622. The number of carbonyl (C=O) groups excluding carboxylic acids is 1. The lowest BCUT2D eigenvalue weighted by Gasteiger charge is -2.20. The molecule has 0 aliphatic carbocycles. The summed E-state index contributed by atoms with van der Waals surface area (Å²) in [7, 11) is -3.50. The maximum atomic E-state index is 14.7. The number of benzene rings is 1. The first kappa shape index (κ1) is 27.5. The van der Waals surface area contributed by atoms with Gasteiger partial charge >= 0.3 is 16.4 Å². The molecule has 1 heterocycles. The largest absolute Gasteiger partial charge is 0.431 e. The molecule has 1 aromatic heterocycles. The van der Waals surface area contributed by atoms with Crippen molar-refractivity contribution in [3.8, 4) is 18.0 Å². The summed E-state index contributed by atoms with van der Waals surface area (Å²) >= 11 is 10.8. The van der Waals surface area contributed by atoms with E-state index in [0.29, 0.717) is 27.7 Å². The number of nitrogens with one attached hydrogen (secondary N) is 1. The van der Waals surface area contributed by atoms with E-state index in [2.05, 4.69) is 5.92 Å². The van der Waals surface area contributed by atoms with Crippen LogP contribution in [0.2, 0.25) is 5.02 Å². The van der Waals surface area contributed by atoms with Gasteiger partial charge in [-0.2, -0.15) is 25.9 Å². The number of terminal acetylenes is 1. The predicted molar refractivity (Wildman–Crippen MR) is 119 cm³/mol. The minimum atomic E-state index is -4.92. The lowest BCUT2D eigenvalue weighted by molar-refractivity contribution is -0.143. The van der Waals surface area contributed by atoms with Gasteiger partial charge in [0.25, 0.3) is 11.5 Å². The monoisotopic (exact) mass is 540 g/mol. The van der Waals surface area contributed by atoms with E-state index >= 15 is 0 Å². The number of carbonyl (C=O) groups is 1. The highest BCUT2D eigenvalue weighted by Crippen LogP contribution is 2.29. The van der Waals surface area contributed by atoms with Crippen LogP contribution in [0.1, 0.15) is 29.4 Å². The van der Waals surface area contributed by atoms with Gasteiger partial charge in [0.15, 0.2) is 4.77 Å². The van der Waals surface area contributed by atoms with Crippen molar-refractivity contribution in [3.63, 3.8) is 0 Å². The molecule has 0 spiro atoms. The van der Waals surface area contributed by atoms with Gasteiger partial charge < -0.3 is 4.57 Å². The molecule has 2 rings (SSSR count). The topological polar surface area (TPSA) is 93.4 Å². The van der Waals surface area contributed by atoms with Crippen molar-refractivity contribution in [1.29, 1.82) is 0 Å². The Hall–Kier alpha value is -2.73. The Morgan fingerprint density at radius 2 is 1.94 bits per heavy atom. The lowest BCUT2D eigenvalue weighted by atomic mass is 10.1. The molecule has 0 fully saturated rings. The quantitative estimate of drug-likeness (QED) is 0.331. The molecule has 34 heavy (non-hydrogen) atoms. The molecule has 0 aliphatic rings. The second-order valence-electron chi connectivity index (χ2n) is 6.80. The first-order valence-corrected chi connectivity index (χ1v) is 11.5. The fourth-order valence-electron chi connectivity index (χ4n) is 2.87. The van der Waals surface area contributed by atoms with E-state index in [0.717, 1.165) is 11.4 Å². The van der Waals surface area contributed by atoms with Gasteiger partial charge in [-0.1, -0.05) is 24.4 Å². The molecule has 0 saturated carbocycles. The van der Waals surface area contributed by atoms with E-state index in [-0.39, 0.29) is 19.2 Å². The average molecular weight is 541 g/mol. The van der Waals surface area contributed by atoms with Gasteiger partial charge in [-0.15, -0.1) is 6.42 Å². The normalized spacial score (nSPS) is 12.0. The number of amides is 1. The summed E-state index contributed by atoms with van der Waals surface area (Å²) in [6.45, 7) is 1.33. The van der Waals surface area contributed by atoms with Crippen molar-refractivity contribution >= 4 is 39.9 Å². The van der Waals surface area contributed by atoms with Crippen LogP contribution in [-0.4, -0.2) is 40.9 Å². The molecule has 0 bridgehead atoms. The van der Waals surface area contributed by atoms with E-state index in [1.54, 1.807) is 11.6 Å². The zero-order valence-corrected chi connectivity index (χ0v) is 20.0. The number of halogens is 5. The standard InChI is InChI=1S/C19H17ClF4N4O4S2/c1-4-6-27(7-5-2)34(31,32)25-17(30)11-8-14(13(21)9-12(11)20)28-16(29)10-15(19(22,23)24)26(3)18(28)33/h1,8-10H,5-7H2,2-3H3,(H,25,30). The van der Waals surface area contributed by atoms with Crippen molar-refractivity contribution in [2.24, 2.45) is 7.05 Å². The number of rotatable bonds is 7. The second-order valence-corrected chi connectivity index (χ2v) is 9.24. The predicted octanol–water partition coefficient (Wildman–Crippen LogP) is 3.04. The molecule has 1 amide bonds. The van der Waals surface area contributed by atoms with Crippen LogP contribution in [0.4, 0.5) is 17.6 Å². The molecule has 0 atom stereocenters. The number of hydrogen-bond acceptors (Lipinski definition) is 5. The molecule has 15 heteroatoms. The van der Waals surface area contributed by atoms with Gasteiger partial charge in [0.2, 0.25) is 0 Å². The third kappa shape index (κ3) is 5.66. The van der Waals surface area contributed by atoms with Crippen molar-refractivity contribution < 1.29 is 30.8 Å². The second kappa shape index (κ2) is 10.3. The molecule has 0 saturated heterocycles. The summed E-state index contributed by atoms with van der Waals surface area (Å²) in [4.78, 5) is 25.1. The third-order valence-corrected chi connectivity index (χ3v) is 6.64. The van der Waals surface area contributed by atoms with Crippen molar-refractivity contribution in [2.45, 2.75) is 19.5 Å². The van der Waals surface area contributed by atoms with Crippen LogP contribution in [0.25, 0.3) is 5.69 Å². The van der Waals surface area contributed by atoms with Crippen LogP contribution < -0.4 is 10.3 Å². The molecule has 1 N–H and O–H groups in total. The molecular formula is C19H17ClF4N4O4S2. The molecule has 2 aromatic rings. The first-order valence-electron chi connectivity index (χ1n) is 9.31. The fourth-order valence-corrected chi connectivity index (χ4v) is 4.54. The number of aromatic nitrogens is 2. The molecule has 0 radical (unpaired) electrons. The van der Waals surface area contributed by atoms with Gasteiger partial charge in [0.1, 0.15) is 11.5 Å². The molecule has 1 aromatic carbocycles. The van der Waals surface area contributed by atoms with Gasteiger partial charge in [-0.25, -0.2) is 9.11 Å². The van der Waals surface area contributed by atoms with Crippen LogP contribution in [-0.2, 0) is 23.4 Å². The Kier molecular flexibility index (Phi) is 8.30. The third-order valence-electron chi connectivity index (χ3n) is 4.43. The summed E-state index contributed by atoms with van der Waals surface area (Å²) < 4.78 is 81.8. The maximum absolute atomic E-state index is 14.7. The SMILES string of the molecule is C#CCN(CCC)S(=O)(=O)NC(=O)c1cc(-n2c(=O)cc(C(F)(F)F)n(C)c2=S)c(F)cc1Cl. The Bertz CT molecular complexity index is 1400. The maximum Gasteiger partial charge on any atom is 0.431 e. The molecule has 184 valence electrons. The lowest BCUT2D eigenvalue weighted by Crippen LogP contribution is -2.44. The summed E-state index contributed by atoms with van der Waals surface area (Å²) in [6, 6.07) is 1.51. The van der Waals surface area contributed by atoms with Crippen LogP contribution in [0.15, 0.2) is 23.0 Å². The van der Waals surface area contributed by atoms with Gasteiger partial charge in [-0.05, 0) is 30.8 Å². The van der Waals surface area contributed by atoms with Crippen molar-refractivity contribution in [3.05, 3.63) is 55.4 Å². The molecule has 8 nitrogen and oxygen atoms in total. The summed E-state index contributed by atoms with van der Waals surface area (Å²) in [5.41, 5.74) is -4.00. The van der Waals surface area contributed by atoms with Gasteiger partial charge in [0, 0.05) is 19.7 Å². The minimum absolute atomic E-state index is 0.00796. The minimum Gasteiger partial charge on any atom is -0.317 e. The zero-order chi connectivity index (χ0) is 26.0. The highest BCUT2D eigenvalue weighted by Gasteiger charge is 2.35. The van der Waals surface area contributed by atoms with Crippen LogP contribution >= 0.6 is 23.8 Å². The van der Waals surface area contributed by atoms with Crippen molar-refractivity contribution in [2.75, 3.05) is 13.1 Å². The van der Waals surface area contributed by atoms with Crippen LogP contribution in [0, 0.1) is 22.9 Å². The van der Waals surface area contributed by atoms with E-state index in [4.69, 9.17) is 30.2 Å². The van der Waals surface area contributed by atoms with E-state index < -0.39 is 60.4 Å². The van der Waals surface area contributed by atoms with Gasteiger partial charge in [-0.3, -0.25) is 14.2 Å². The molecule has 0 aliphatic heterocycles. The smallest absolute Gasteiger partial charge is 0.317 e. The van der Waals surface area contributed by atoms with Crippen molar-refractivity contribution in [1.82, 2.24) is 18.2 Å². The Balaban J connectivity index is 2.63. The Morgan fingerprint density at radius 3 is 2.47 bits per heavy atom. The number of alkyl halides is 3. The van der Waals surface area contributed by atoms with Crippen LogP contribution in [0.5, 0.6) is 0 Å². The molecular weight excluding hydrogens is 524 g/mol. The van der Waals surface area contributed by atoms with E-state index in [1.807, 2.05) is 0 Å². The van der Waals surface area contributed by atoms with Crippen LogP contribution in [0.3, 0.4) is 0 Å². The van der Waals surface area contributed by atoms with Gasteiger partial charge in [0.05, 0.1) is 22.8 Å². The van der Waals surface area contributed by atoms with E-state index in [9.17, 15) is 35.6 Å². The number of nitrogens with zero attached hydrogens (tertiary/aromatic N) is 3. The summed E-state index contributed by atoms with van der Waals surface area (Å²) in [5, 5.41) is -0.525. The van der Waals surface area contributed by atoms with E-state index in [1.165, 1.54) is 0 Å². The summed E-state index contributed by atoms with van der Waals surface area (Å²) in [5.74, 6) is -0.347. The fraction of sp³-hybridized carbons (Fsp3) is 0.316. The zero-order valence-electron chi connectivity index (χ0n) is 17.6. The number of hydrogen-bond donors (Lipinski definition) is 1. The highest BCUT2D eigenvalue weighted by molar-refractivity contribution is 7.87. The average Bonchev–Trinajstić information content (AvgIpc) is 2.70. The molecule has 0 unspecified atom stereocenters.